The van der Waals surface area contributed by atoms with Crippen molar-refractivity contribution < 1.29 is 24.5 Å². The molecule has 0 spiro atoms. The molecule has 4 atom stereocenters. The number of aliphatic hydroxyl groups excluding tert-OH is 2. The molecular formula is C25H40N8O5. The summed E-state index contributed by atoms with van der Waals surface area (Å²) in [6.45, 7) is 9.51. The molecule has 2 aromatic rings. The molecule has 0 bridgehead atoms. The minimum absolute atomic E-state index is 0.0420. The molecule has 0 aliphatic carbocycles. The summed E-state index contributed by atoms with van der Waals surface area (Å²) in [7, 11) is 0. The second kappa shape index (κ2) is 12.8. The van der Waals surface area contributed by atoms with E-state index in [9.17, 15) is 19.8 Å². The Morgan fingerprint density at radius 1 is 1.08 bits per heavy atom. The number of carbonyl (C=O) groups is 2. The fourth-order valence-corrected chi connectivity index (χ4v) is 4.96. The van der Waals surface area contributed by atoms with Crippen LogP contribution in [0.25, 0.3) is 11.2 Å². The highest BCUT2D eigenvalue weighted by atomic mass is 16.6. The molecule has 0 saturated carbocycles. The monoisotopic (exact) mass is 532 g/mol. The molecule has 38 heavy (non-hydrogen) atoms. The standard InChI is InChI=1S/C25H40N8O5/c1-4-15(5-2)29-20-16-22(31-21(30-20)24(37)27-10-13-32-11-8-7-9-12-32)33(14-28-16)25-18(35)17(34)19(38-25)23(36)26-6-3/h14-15,17-19,25,34-35H,4-13H2,1-3H3,(H,26,36)(H,27,37)(H,29,30,31)/t17-,18+,19-,25+/m0/s1. The summed E-state index contributed by atoms with van der Waals surface area (Å²) < 4.78 is 7.21. The second-order valence-electron chi connectivity index (χ2n) is 9.86. The molecule has 210 valence electrons. The summed E-state index contributed by atoms with van der Waals surface area (Å²) in [6, 6.07) is 0.102. The first-order chi connectivity index (χ1) is 18.4. The van der Waals surface area contributed by atoms with Crippen molar-refractivity contribution in [2.75, 3.05) is 38.0 Å². The van der Waals surface area contributed by atoms with Crippen molar-refractivity contribution in [2.24, 2.45) is 0 Å². The number of carbonyl (C=O) groups excluding carboxylic acids is 2. The van der Waals surface area contributed by atoms with E-state index < -0.39 is 36.4 Å². The zero-order valence-corrected chi connectivity index (χ0v) is 22.4. The Kier molecular flexibility index (Phi) is 9.47. The van der Waals surface area contributed by atoms with E-state index in [0.717, 1.165) is 32.5 Å². The summed E-state index contributed by atoms with van der Waals surface area (Å²) in [5.74, 6) is -0.584. The lowest BCUT2D eigenvalue weighted by molar-refractivity contribution is -0.137. The van der Waals surface area contributed by atoms with Crippen molar-refractivity contribution in [2.45, 2.75) is 83.5 Å². The lowest BCUT2D eigenvalue weighted by atomic mass is 10.1. The number of rotatable bonds is 11. The van der Waals surface area contributed by atoms with Gasteiger partial charge in [-0.05, 0) is 45.7 Å². The number of nitrogens with zero attached hydrogens (tertiary/aromatic N) is 5. The fraction of sp³-hybridized carbons (Fsp3) is 0.720. The van der Waals surface area contributed by atoms with Crippen LogP contribution in [0.1, 0.15) is 69.7 Å². The Hall–Kier alpha value is -2.87. The van der Waals surface area contributed by atoms with Crippen molar-refractivity contribution in [1.29, 1.82) is 0 Å². The van der Waals surface area contributed by atoms with Crippen LogP contribution in [0.4, 0.5) is 5.82 Å². The third kappa shape index (κ3) is 6.06. The molecule has 0 radical (unpaired) electrons. The van der Waals surface area contributed by atoms with Crippen LogP contribution in [-0.4, -0.2) is 104 Å². The zero-order valence-electron chi connectivity index (χ0n) is 22.4. The highest BCUT2D eigenvalue weighted by Gasteiger charge is 2.47. The number of ether oxygens (including phenoxy) is 1. The van der Waals surface area contributed by atoms with E-state index in [-0.39, 0.29) is 17.5 Å². The van der Waals surface area contributed by atoms with Crippen LogP contribution >= 0.6 is 0 Å². The lowest BCUT2D eigenvalue weighted by Crippen LogP contribution is -2.42. The molecule has 2 amide bonds. The molecule has 2 saturated heterocycles. The van der Waals surface area contributed by atoms with Crippen LogP contribution in [0.3, 0.4) is 0 Å². The number of imidazole rings is 1. The SMILES string of the molecule is CCNC(=O)[C@H]1O[C@@H](n2cnc3c(NC(CC)CC)nc(C(=O)NCCN4CCCCC4)nc32)[C@H](O)[C@@H]1O. The normalized spacial score (nSPS) is 24.2. The molecule has 5 N–H and O–H groups in total. The number of piperidine rings is 1. The summed E-state index contributed by atoms with van der Waals surface area (Å²) in [6.07, 6.45) is 1.45. The molecule has 0 aromatic carbocycles. The Morgan fingerprint density at radius 3 is 2.50 bits per heavy atom. The van der Waals surface area contributed by atoms with Gasteiger partial charge in [0.25, 0.3) is 11.8 Å². The number of fused-ring (bicyclic) bond motifs is 1. The minimum atomic E-state index is -1.44. The van der Waals surface area contributed by atoms with Gasteiger partial charge in [0, 0.05) is 25.7 Å². The number of aliphatic hydroxyl groups is 2. The maximum Gasteiger partial charge on any atom is 0.289 e. The summed E-state index contributed by atoms with van der Waals surface area (Å²) in [5, 5.41) is 30.1. The van der Waals surface area contributed by atoms with Gasteiger partial charge in [-0.1, -0.05) is 20.3 Å². The van der Waals surface area contributed by atoms with Crippen LogP contribution < -0.4 is 16.0 Å². The number of nitrogens with one attached hydrogen (secondary N) is 3. The predicted molar refractivity (Wildman–Crippen MR) is 141 cm³/mol. The van der Waals surface area contributed by atoms with E-state index in [1.807, 2.05) is 0 Å². The molecule has 4 heterocycles. The Bertz CT molecular complexity index is 1100. The van der Waals surface area contributed by atoms with Gasteiger partial charge in [-0.25, -0.2) is 15.0 Å². The molecule has 4 rings (SSSR count). The van der Waals surface area contributed by atoms with Gasteiger partial charge in [0.1, 0.15) is 12.2 Å². The molecule has 2 aromatic heterocycles. The number of hydrogen-bond acceptors (Lipinski definition) is 10. The maximum absolute atomic E-state index is 13.1. The van der Waals surface area contributed by atoms with E-state index in [1.165, 1.54) is 30.2 Å². The van der Waals surface area contributed by atoms with Gasteiger partial charge in [-0.2, -0.15) is 0 Å². The molecule has 2 aliphatic heterocycles. The topological polar surface area (TPSA) is 167 Å². The summed E-state index contributed by atoms with van der Waals surface area (Å²) in [4.78, 5) is 41.2. The van der Waals surface area contributed by atoms with E-state index in [0.29, 0.717) is 24.4 Å². The lowest BCUT2D eigenvalue weighted by Gasteiger charge is -2.26. The van der Waals surface area contributed by atoms with Gasteiger partial charge in [0.2, 0.25) is 5.82 Å². The number of amides is 2. The number of hydrogen-bond donors (Lipinski definition) is 5. The van der Waals surface area contributed by atoms with Crippen LogP contribution in [0.2, 0.25) is 0 Å². The third-order valence-electron chi connectivity index (χ3n) is 7.24. The van der Waals surface area contributed by atoms with E-state index in [4.69, 9.17) is 4.74 Å². The van der Waals surface area contributed by atoms with Crippen molar-refractivity contribution in [3.63, 3.8) is 0 Å². The Morgan fingerprint density at radius 2 is 1.82 bits per heavy atom. The molecule has 2 aliphatic rings. The Balaban J connectivity index is 1.62. The molecule has 2 fully saturated rings. The summed E-state index contributed by atoms with van der Waals surface area (Å²) >= 11 is 0. The van der Waals surface area contributed by atoms with Crippen LogP contribution in [0.5, 0.6) is 0 Å². The largest absolute Gasteiger partial charge is 0.387 e. The van der Waals surface area contributed by atoms with Crippen LogP contribution in [0, 0.1) is 0 Å². The van der Waals surface area contributed by atoms with Gasteiger partial charge in [0.15, 0.2) is 29.3 Å². The molecule has 13 heteroatoms. The smallest absolute Gasteiger partial charge is 0.289 e. The van der Waals surface area contributed by atoms with Crippen LogP contribution in [0.15, 0.2) is 6.33 Å². The number of likely N-dealkylation sites (N-methyl/N-ethyl adjacent to an activating group) is 1. The zero-order chi connectivity index (χ0) is 27.2. The maximum atomic E-state index is 13.1. The second-order valence-corrected chi connectivity index (χ2v) is 9.86. The van der Waals surface area contributed by atoms with E-state index in [2.05, 4.69) is 49.6 Å². The van der Waals surface area contributed by atoms with E-state index >= 15 is 0 Å². The van der Waals surface area contributed by atoms with Crippen molar-refractivity contribution in [1.82, 2.24) is 35.1 Å². The van der Waals surface area contributed by atoms with Gasteiger partial charge in [0.05, 0.1) is 6.33 Å². The van der Waals surface area contributed by atoms with Crippen LogP contribution in [-0.2, 0) is 9.53 Å². The average Bonchev–Trinajstić information content (AvgIpc) is 3.48. The fourth-order valence-electron chi connectivity index (χ4n) is 4.96. The summed E-state index contributed by atoms with van der Waals surface area (Å²) in [5.41, 5.74) is 0.649. The van der Waals surface area contributed by atoms with E-state index in [1.54, 1.807) is 6.92 Å². The number of anilines is 1. The predicted octanol–water partition coefficient (Wildman–Crippen LogP) is 0.398. The Labute approximate surface area is 222 Å². The number of aromatic nitrogens is 4. The third-order valence-corrected chi connectivity index (χ3v) is 7.24. The van der Waals surface area contributed by atoms with Crippen molar-refractivity contribution in [3.8, 4) is 0 Å². The van der Waals surface area contributed by atoms with Gasteiger partial charge in [-0.3, -0.25) is 14.2 Å². The quantitative estimate of drug-likeness (QED) is 0.273. The highest BCUT2D eigenvalue weighted by Crippen LogP contribution is 2.33. The van der Waals surface area contributed by atoms with Gasteiger partial charge in [-0.15, -0.1) is 0 Å². The highest BCUT2D eigenvalue weighted by molar-refractivity contribution is 5.94. The van der Waals surface area contributed by atoms with Crippen molar-refractivity contribution in [3.05, 3.63) is 12.2 Å². The minimum Gasteiger partial charge on any atom is -0.387 e. The molecule has 0 unspecified atom stereocenters. The first-order valence-corrected chi connectivity index (χ1v) is 13.7. The van der Waals surface area contributed by atoms with Crippen molar-refractivity contribution >= 4 is 28.8 Å². The first-order valence-electron chi connectivity index (χ1n) is 13.7. The van der Waals surface area contributed by atoms with Gasteiger partial charge >= 0.3 is 0 Å². The number of likely N-dealkylation sites (tertiary alicyclic amines) is 1. The average molecular weight is 533 g/mol. The molecular weight excluding hydrogens is 492 g/mol. The first kappa shape index (κ1) is 28.1. The molecule has 13 nitrogen and oxygen atoms in total. The van der Waals surface area contributed by atoms with Gasteiger partial charge < -0.3 is 35.8 Å².